The molecular formula is C16H14N2O3. The molecule has 0 unspecified atom stereocenters. The fraction of sp³-hybridized carbons (Fsp3) is 0.188. The number of ketones is 1. The lowest BCUT2D eigenvalue weighted by Crippen LogP contribution is -2.34. The Hall–Kier alpha value is -2.69. The molecule has 0 N–H and O–H groups in total. The first-order chi connectivity index (χ1) is 10.1. The van der Waals surface area contributed by atoms with Crippen molar-refractivity contribution in [3.8, 4) is 0 Å². The van der Waals surface area contributed by atoms with Gasteiger partial charge in [-0.1, -0.05) is 17.7 Å². The first kappa shape index (κ1) is 13.3. The minimum absolute atomic E-state index is 0.125. The highest BCUT2D eigenvalue weighted by atomic mass is 16.2. The van der Waals surface area contributed by atoms with Crippen molar-refractivity contribution in [3.05, 3.63) is 64.1 Å². The maximum Gasteiger partial charge on any atom is 0.299 e. The second kappa shape index (κ2) is 5.01. The van der Waals surface area contributed by atoms with E-state index in [0.717, 1.165) is 5.56 Å². The first-order valence-corrected chi connectivity index (χ1v) is 6.70. The average Bonchev–Trinajstić information content (AvgIpc) is 2.71. The van der Waals surface area contributed by atoms with Crippen LogP contribution in [0.4, 0.5) is 5.69 Å². The number of nitrogens with zero attached hydrogens (tertiary/aromatic N) is 2. The van der Waals surface area contributed by atoms with Crippen LogP contribution in [-0.4, -0.2) is 22.8 Å². The molecule has 1 aliphatic rings. The summed E-state index contributed by atoms with van der Waals surface area (Å²) < 4.78 is 1.52. The van der Waals surface area contributed by atoms with Crippen LogP contribution in [0, 0.1) is 6.92 Å². The van der Waals surface area contributed by atoms with Gasteiger partial charge in [0.05, 0.1) is 11.3 Å². The molecule has 0 fully saturated rings. The topological polar surface area (TPSA) is 59.4 Å². The van der Waals surface area contributed by atoms with Crippen LogP contribution in [-0.2, 0) is 11.3 Å². The lowest BCUT2D eigenvalue weighted by Gasteiger charge is -2.17. The summed E-state index contributed by atoms with van der Waals surface area (Å²) in [6.45, 7) is 2.53. The summed E-state index contributed by atoms with van der Waals surface area (Å²) in [5.74, 6) is -1.01. The molecule has 5 nitrogen and oxygen atoms in total. The van der Waals surface area contributed by atoms with Crippen LogP contribution in [0.1, 0.15) is 15.9 Å². The zero-order chi connectivity index (χ0) is 15.0. The summed E-state index contributed by atoms with van der Waals surface area (Å²) in [6, 6.07) is 10.3. The minimum Gasteiger partial charge on any atom is -0.314 e. The zero-order valence-corrected chi connectivity index (χ0v) is 11.6. The number of hydrogen-bond donors (Lipinski definition) is 0. The van der Waals surface area contributed by atoms with E-state index in [4.69, 9.17) is 0 Å². The molecule has 0 saturated carbocycles. The van der Waals surface area contributed by atoms with Gasteiger partial charge in [-0.15, -0.1) is 0 Å². The second-order valence-electron chi connectivity index (χ2n) is 5.04. The van der Waals surface area contributed by atoms with Crippen molar-refractivity contribution < 1.29 is 9.59 Å². The monoisotopic (exact) mass is 282 g/mol. The molecule has 0 bridgehead atoms. The third-order valence-electron chi connectivity index (χ3n) is 3.59. The fourth-order valence-electron chi connectivity index (χ4n) is 2.49. The van der Waals surface area contributed by atoms with Crippen LogP contribution < -0.4 is 10.5 Å². The Kier molecular flexibility index (Phi) is 3.17. The van der Waals surface area contributed by atoms with Gasteiger partial charge in [-0.05, 0) is 25.1 Å². The molecule has 2 aromatic rings. The molecule has 5 heteroatoms. The average molecular weight is 282 g/mol. The van der Waals surface area contributed by atoms with Crippen LogP contribution in [0.15, 0.2) is 47.4 Å². The SMILES string of the molecule is Cc1ccc2c(c1)C(=O)C(=O)N2CCn1ccccc1=O. The molecule has 0 radical (unpaired) electrons. The second-order valence-corrected chi connectivity index (χ2v) is 5.04. The summed E-state index contributed by atoms with van der Waals surface area (Å²) in [4.78, 5) is 37.1. The number of anilines is 1. The molecule has 0 saturated heterocycles. The van der Waals surface area contributed by atoms with Gasteiger partial charge in [-0.2, -0.15) is 0 Å². The number of carbonyl (C=O) groups is 2. The van der Waals surface area contributed by atoms with Crippen LogP contribution in [0.2, 0.25) is 0 Å². The van der Waals surface area contributed by atoms with E-state index in [1.54, 1.807) is 30.5 Å². The number of benzene rings is 1. The third-order valence-corrected chi connectivity index (χ3v) is 3.59. The maximum atomic E-state index is 12.1. The molecule has 106 valence electrons. The predicted molar refractivity (Wildman–Crippen MR) is 78.6 cm³/mol. The number of carbonyl (C=O) groups excluding carboxylic acids is 2. The van der Waals surface area contributed by atoms with Crippen molar-refractivity contribution in [1.82, 2.24) is 4.57 Å². The molecule has 3 rings (SSSR count). The summed E-state index contributed by atoms with van der Waals surface area (Å²) in [5.41, 5.74) is 1.88. The first-order valence-electron chi connectivity index (χ1n) is 6.70. The molecule has 2 heterocycles. The summed E-state index contributed by atoms with van der Waals surface area (Å²) in [7, 11) is 0. The number of hydrogen-bond acceptors (Lipinski definition) is 3. The predicted octanol–water partition coefficient (Wildman–Crippen LogP) is 1.39. The van der Waals surface area contributed by atoms with E-state index >= 15 is 0 Å². The van der Waals surface area contributed by atoms with Gasteiger partial charge >= 0.3 is 0 Å². The lowest BCUT2D eigenvalue weighted by molar-refractivity contribution is -0.114. The van der Waals surface area contributed by atoms with Crippen LogP contribution in [0.3, 0.4) is 0 Å². The Balaban J connectivity index is 1.87. The van der Waals surface area contributed by atoms with E-state index in [9.17, 15) is 14.4 Å². The summed E-state index contributed by atoms with van der Waals surface area (Å²) >= 11 is 0. The molecule has 1 amide bonds. The smallest absolute Gasteiger partial charge is 0.299 e. The van der Waals surface area contributed by atoms with E-state index in [0.29, 0.717) is 24.3 Å². The Morgan fingerprint density at radius 1 is 1.00 bits per heavy atom. The van der Waals surface area contributed by atoms with Gasteiger partial charge in [0.1, 0.15) is 0 Å². The van der Waals surface area contributed by atoms with Crippen molar-refractivity contribution >= 4 is 17.4 Å². The fourth-order valence-corrected chi connectivity index (χ4v) is 2.49. The van der Waals surface area contributed by atoms with Gasteiger partial charge in [0, 0.05) is 25.4 Å². The number of fused-ring (bicyclic) bond motifs is 1. The van der Waals surface area contributed by atoms with Gasteiger partial charge in [0.15, 0.2) is 0 Å². The molecule has 1 aromatic heterocycles. The highest BCUT2D eigenvalue weighted by Crippen LogP contribution is 2.29. The summed E-state index contributed by atoms with van der Waals surface area (Å²) in [5, 5.41) is 0. The quantitative estimate of drug-likeness (QED) is 0.799. The number of aryl methyl sites for hydroxylation is 1. The van der Waals surface area contributed by atoms with Crippen molar-refractivity contribution in [1.29, 1.82) is 0 Å². The van der Waals surface area contributed by atoms with Crippen LogP contribution in [0.25, 0.3) is 0 Å². The highest BCUT2D eigenvalue weighted by molar-refractivity contribution is 6.52. The number of rotatable bonds is 3. The molecular weight excluding hydrogens is 268 g/mol. The molecule has 0 atom stereocenters. The van der Waals surface area contributed by atoms with Crippen LogP contribution >= 0.6 is 0 Å². The van der Waals surface area contributed by atoms with Crippen LogP contribution in [0.5, 0.6) is 0 Å². The molecule has 21 heavy (non-hydrogen) atoms. The van der Waals surface area contributed by atoms with E-state index < -0.39 is 11.7 Å². The molecule has 0 aliphatic carbocycles. The highest BCUT2D eigenvalue weighted by Gasteiger charge is 2.35. The van der Waals surface area contributed by atoms with Gasteiger partial charge in [0.2, 0.25) is 0 Å². The number of Topliss-reactive ketones (excluding diaryl/α,β-unsaturated/α-hetero) is 1. The van der Waals surface area contributed by atoms with E-state index in [-0.39, 0.29) is 5.56 Å². The normalized spacial score (nSPS) is 13.7. The molecule has 1 aliphatic heterocycles. The molecule has 1 aromatic carbocycles. The van der Waals surface area contributed by atoms with Gasteiger partial charge in [0.25, 0.3) is 17.2 Å². The standard InChI is InChI=1S/C16H14N2O3/c1-11-5-6-13-12(10-11)15(20)16(21)18(13)9-8-17-7-3-2-4-14(17)19/h2-7,10H,8-9H2,1H3. The van der Waals surface area contributed by atoms with Gasteiger partial charge in [-0.3, -0.25) is 14.4 Å². The number of amides is 1. The van der Waals surface area contributed by atoms with Gasteiger partial charge in [-0.25, -0.2) is 0 Å². The third kappa shape index (κ3) is 2.27. The Morgan fingerprint density at radius 2 is 1.81 bits per heavy atom. The maximum absolute atomic E-state index is 12.1. The van der Waals surface area contributed by atoms with E-state index in [2.05, 4.69) is 0 Å². The van der Waals surface area contributed by atoms with E-state index in [1.165, 1.54) is 15.5 Å². The lowest BCUT2D eigenvalue weighted by atomic mass is 10.1. The zero-order valence-electron chi connectivity index (χ0n) is 11.6. The van der Waals surface area contributed by atoms with Crippen molar-refractivity contribution in [2.24, 2.45) is 0 Å². The van der Waals surface area contributed by atoms with Crippen molar-refractivity contribution in [2.45, 2.75) is 13.5 Å². The van der Waals surface area contributed by atoms with Crippen molar-refractivity contribution in [2.75, 3.05) is 11.4 Å². The van der Waals surface area contributed by atoms with Gasteiger partial charge < -0.3 is 9.47 Å². The minimum atomic E-state index is -0.528. The Bertz CT molecular complexity index is 792. The molecule has 0 spiro atoms. The number of aromatic nitrogens is 1. The summed E-state index contributed by atoms with van der Waals surface area (Å²) in [6.07, 6.45) is 1.67. The Labute approximate surface area is 121 Å². The van der Waals surface area contributed by atoms with E-state index in [1.807, 2.05) is 13.0 Å². The largest absolute Gasteiger partial charge is 0.314 e. The Morgan fingerprint density at radius 3 is 2.57 bits per heavy atom. The van der Waals surface area contributed by atoms with Crippen molar-refractivity contribution in [3.63, 3.8) is 0 Å². The number of pyridine rings is 1.